The summed E-state index contributed by atoms with van der Waals surface area (Å²) in [4.78, 5) is 18.0. The zero-order valence-electron chi connectivity index (χ0n) is 13.7. The van der Waals surface area contributed by atoms with Gasteiger partial charge in [0, 0.05) is 57.4 Å². The number of ether oxygens (including phenoxy) is 1. The van der Waals surface area contributed by atoms with E-state index in [1.165, 1.54) is 0 Å². The molecule has 0 unspecified atom stereocenters. The van der Waals surface area contributed by atoms with Crippen molar-refractivity contribution in [2.24, 2.45) is 0 Å². The molecule has 0 amide bonds. The number of piperazine rings is 1. The van der Waals surface area contributed by atoms with Crippen molar-refractivity contribution in [3.05, 3.63) is 48.5 Å². The first-order valence-electron chi connectivity index (χ1n) is 8.09. The van der Waals surface area contributed by atoms with Crippen molar-refractivity contribution in [3.8, 4) is 5.88 Å². The Hall–Kier alpha value is -2.67. The number of hydrogen-bond acceptors (Lipinski definition) is 6. The molecule has 0 bridgehead atoms. The first kappa shape index (κ1) is 14.9. The predicted molar refractivity (Wildman–Crippen MR) is 91.3 cm³/mol. The van der Waals surface area contributed by atoms with Gasteiger partial charge < -0.3 is 14.0 Å². The van der Waals surface area contributed by atoms with Crippen LogP contribution in [-0.2, 0) is 6.54 Å². The van der Waals surface area contributed by atoms with Gasteiger partial charge in [-0.3, -0.25) is 4.90 Å². The molecule has 0 spiro atoms. The lowest BCUT2D eigenvalue weighted by Crippen LogP contribution is -2.46. The highest BCUT2D eigenvalue weighted by molar-refractivity contribution is 5.39. The standard InChI is InChI=1S/C17H20N6O/c1-24-16-5-6-18-17(20-16)22-10-8-21(9-11-22)12-14-13-23-7-3-2-4-15(23)19-14/h2-7,13H,8-12H2,1H3. The summed E-state index contributed by atoms with van der Waals surface area (Å²) in [5, 5.41) is 0. The molecule has 4 rings (SSSR count). The monoisotopic (exact) mass is 324 g/mol. The fraction of sp³-hybridized carbons (Fsp3) is 0.353. The number of rotatable bonds is 4. The fourth-order valence-corrected chi connectivity index (χ4v) is 3.00. The largest absolute Gasteiger partial charge is 0.481 e. The number of hydrogen-bond donors (Lipinski definition) is 0. The number of fused-ring (bicyclic) bond motifs is 1. The Kier molecular flexibility index (Phi) is 4.00. The van der Waals surface area contributed by atoms with Crippen molar-refractivity contribution in [3.63, 3.8) is 0 Å². The van der Waals surface area contributed by atoms with Crippen LogP contribution in [0, 0.1) is 0 Å². The molecule has 0 N–H and O–H groups in total. The second-order valence-corrected chi connectivity index (χ2v) is 5.86. The quantitative estimate of drug-likeness (QED) is 0.724. The first-order chi connectivity index (χ1) is 11.8. The van der Waals surface area contributed by atoms with Crippen LogP contribution >= 0.6 is 0 Å². The van der Waals surface area contributed by atoms with Crippen LogP contribution in [-0.4, -0.2) is 57.5 Å². The maximum absolute atomic E-state index is 5.18. The minimum atomic E-state index is 0.604. The van der Waals surface area contributed by atoms with Gasteiger partial charge in [-0.2, -0.15) is 4.98 Å². The van der Waals surface area contributed by atoms with Gasteiger partial charge in [0.05, 0.1) is 12.8 Å². The van der Waals surface area contributed by atoms with E-state index >= 15 is 0 Å². The van der Waals surface area contributed by atoms with Crippen LogP contribution in [0.1, 0.15) is 5.69 Å². The Bertz CT molecular complexity index is 792. The van der Waals surface area contributed by atoms with Crippen molar-refractivity contribution in [2.75, 3.05) is 38.2 Å². The van der Waals surface area contributed by atoms with E-state index in [-0.39, 0.29) is 0 Å². The number of nitrogens with zero attached hydrogens (tertiary/aromatic N) is 6. The lowest BCUT2D eigenvalue weighted by molar-refractivity contribution is 0.246. The van der Waals surface area contributed by atoms with E-state index in [0.29, 0.717) is 5.88 Å². The number of methoxy groups -OCH3 is 1. The van der Waals surface area contributed by atoms with Gasteiger partial charge in [-0.25, -0.2) is 9.97 Å². The molecule has 0 radical (unpaired) electrons. The van der Waals surface area contributed by atoms with Crippen LogP contribution in [0.15, 0.2) is 42.9 Å². The number of pyridine rings is 1. The van der Waals surface area contributed by atoms with Crippen molar-refractivity contribution in [2.45, 2.75) is 6.54 Å². The third-order valence-electron chi connectivity index (χ3n) is 4.28. The molecule has 4 heterocycles. The molecule has 124 valence electrons. The van der Waals surface area contributed by atoms with E-state index < -0.39 is 0 Å². The highest BCUT2D eigenvalue weighted by Gasteiger charge is 2.20. The van der Waals surface area contributed by atoms with Gasteiger partial charge in [0.25, 0.3) is 0 Å². The fourth-order valence-electron chi connectivity index (χ4n) is 3.00. The van der Waals surface area contributed by atoms with E-state index in [2.05, 4.69) is 35.3 Å². The van der Waals surface area contributed by atoms with Gasteiger partial charge in [-0.1, -0.05) is 6.07 Å². The Morgan fingerprint density at radius 3 is 2.75 bits per heavy atom. The molecule has 0 atom stereocenters. The molecule has 24 heavy (non-hydrogen) atoms. The molecule has 3 aromatic rings. The molecule has 0 aliphatic carbocycles. The SMILES string of the molecule is COc1ccnc(N2CCN(Cc3cn4ccccc4n3)CC2)n1. The Morgan fingerprint density at radius 1 is 1.08 bits per heavy atom. The normalized spacial score (nSPS) is 15.8. The molecule has 7 nitrogen and oxygen atoms in total. The maximum Gasteiger partial charge on any atom is 0.228 e. The van der Waals surface area contributed by atoms with Crippen molar-refractivity contribution < 1.29 is 4.74 Å². The van der Waals surface area contributed by atoms with Gasteiger partial charge in [-0.15, -0.1) is 0 Å². The van der Waals surface area contributed by atoms with Crippen LogP contribution in [0.2, 0.25) is 0 Å². The third-order valence-corrected chi connectivity index (χ3v) is 4.28. The van der Waals surface area contributed by atoms with Crippen LogP contribution in [0.25, 0.3) is 5.65 Å². The smallest absolute Gasteiger partial charge is 0.228 e. The molecule has 1 aliphatic heterocycles. The van der Waals surface area contributed by atoms with Crippen LogP contribution in [0.4, 0.5) is 5.95 Å². The second-order valence-electron chi connectivity index (χ2n) is 5.86. The summed E-state index contributed by atoms with van der Waals surface area (Å²) in [6.07, 6.45) is 5.88. The van der Waals surface area contributed by atoms with Crippen molar-refractivity contribution in [1.29, 1.82) is 0 Å². The van der Waals surface area contributed by atoms with E-state index in [4.69, 9.17) is 4.74 Å². The van der Waals surface area contributed by atoms with Crippen LogP contribution < -0.4 is 9.64 Å². The molecular formula is C17H20N6O. The third kappa shape index (κ3) is 3.03. The zero-order chi connectivity index (χ0) is 16.4. The van der Waals surface area contributed by atoms with E-state index in [1.54, 1.807) is 19.4 Å². The Labute approximate surface area is 140 Å². The van der Waals surface area contributed by atoms with Crippen molar-refractivity contribution in [1.82, 2.24) is 24.3 Å². The van der Waals surface area contributed by atoms with Gasteiger partial charge in [-0.05, 0) is 12.1 Å². The molecular weight excluding hydrogens is 304 g/mol. The molecule has 1 fully saturated rings. The molecule has 0 saturated carbocycles. The van der Waals surface area contributed by atoms with Gasteiger partial charge in [0.15, 0.2) is 0 Å². The van der Waals surface area contributed by atoms with Gasteiger partial charge >= 0.3 is 0 Å². The average Bonchev–Trinajstić information content (AvgIpc) is 3.04. The lowest BCUT2D eigenvalue weighted by Gasteiger charge is -2.34. The van der Waals surface area contributed by atoms with E-state index in [0.717, 1.165) is 50.0 Å². The highest BCUT2D eigenvalue weighted by atomic mass is 16.5. The lowest BCUT2D eigenvalue weighted by atomic mass is 10.3. The maximum atomic E-state index is 5.18. The van der Waals surface area contributed by atoms with E-state index in [9.17, 15) is 0 Å². The Morgan fingerprint density at radius 2 is 1.96 bits per heavy atom. The summed E-state index contributed by atoms with van der Waals surface area (Å²) in [5.41, 5.74) is 2.10. The minimum Gasteiger partial charge on any atom is -0.481 e. The summed E-state index contributed by atoms with van der Waals surface area (Å²) in [5.74, 6) is 1.34. The molecule has 7 heteroatoms. The predicted octanol–water partition coefficient (Wildman–Crippen LogP) is 1.46. The first-order valence-corrected chi connectivity index (χ1v) is 8.09. The second kappa shape index (κ2) is 6.45. The molecule has 1 saturated heterocycles. The van der Waals surface area contributed by atoms with Crippen molar-refractivity contribution >= 4 is 11.6 Å². The zero-order valence-corrected chi connectivity index (χ0v) is 13.7. The molecule has 0 aromatic carbocycles. The summed E-state index contributed by atoms with van der Waals surface area (Å²) in [6.45, 7) is 4.61. The number of aromatic nitrogens is 4. The van der Waals surface area contributed by atoms with Gasteiger partial charge in [0.1, 0.15) is 5.65 Å². The summed E-state index contributed by atoms with van der Waals surface area (Å²) >= 11 is 0. The molecule has 3 aromatic heterocycles. The van der Waals surface area contributed by atoms with Gasteiger partial charge in [0.2, 0.25) is 11.8 Å². The summed E-state index contributed by atoms with van der Waals surface area (Å²) < 4.78 is 7.24. The Balaban J connectivity index is 1.38. The highest BCUT2D eigenvalue weighted by Crippen LogP contribution is 2.16. The minimum absolute atomic E-state index is 0.604. The summed E-state index contributed by atoms with van der Waals surface area (Å²) in [7, 11) is 1.62. The topological polar surface area (TPSA) is 58.8 Å². The van der Waals surface area contributed by atoms with E-state index in [1.807, 2.05) is 24.4 Å². The number of anilines is 1. The average molecular weight is 324 g/mol. The van der Waals surface area contributed by atoms with Crippen LogP contribution in [0.3, 0.4) is 0 Å². The molecule has 1 aliphatic rings. The summed E-state index contributed by atoms with van der Waals surface area (Å²) in [6, 6.07) is 7.83. The number of imidazole rings is 1. The van der Waals surface area contributed by atoms with Crippen LogP contribution in [0.5, 0.6) is 5.88 Å².